The topological polar surface area (TPSA) is 280 Å². The van der Waals surface area contributed by atoms with Crippen molar-refractivity contribution in [3.63, 3.8) is 0 Å². The third-order valence-electron chi connectivity index (χ3n) is 6.26. The van der Waals surface area contributed by atoms with E-state index < -0.39 is 90.1 Å². The van der Waals surface area contributed by atoms with Crippen LogP contribution in [0.25, 0.3) is 0 Å². The fourth-order valence-electron chi connectivity index (χ4n) is 3.61. The monoisotopic (exact) mass is 588 g/mol. The van der Waals surface area contributed by atoms with Crippen molar-refractivity contribution in [3.05, 3.63) is 0 Å². The van der Waals surface area contributed by atoms with Gasteiger partial charge in [-0.3, -0.25) is 28.8 Å². The molecule has 7 atom stereocenters. The van der Waals surface area contributed by atoms with E-state index in [1.165, 1.54) is 6.92 Å². The van der Waals surface area contributed by atoms with Gasteiger partial charge in [0.25, 0.3) is 0 Å². The number of carbonyl (C=O) groups excluding carboxylic acids is 5. The van der Waals surface area contributed by atoms with E-state index in [0.29, 0.717) is 6.42 Å². The number of aliphatic carboxylic acids is 2. The van der Waals surface area contributed by atoms with Crippen LogP contribution in [-0.4, -0.2) is 93.1 Å². The van der Waals surface area contributed by atoms with Gasteiger partial charge in [0.1, 0.15) is 30.2 Å². The van der Waals surface area contributed by atoms with Crippen molar-refractivity contribution in [1.82, 2.24) is 21.3 Å². The van der Waals surface area contributed by atoms with Crippen molar-refractivity contribution in [2.75, 3.05) is 0 Å². The second-order valence-electron chi connectivity index (χ2n) is 10.4. The molecule has 0 aromatic heterocycles. The summed E-state index contributed by atoms with van der Waals surface area (Å²) < 4.78 is 0. The van der Waals surface area contributed by atoms with Crippen LogP contribution in [-0.2, 0) is 33.6 Å². The highest BCUT2D eigenvalue weighted by atomic mass is 16.4. The Bertz CT molecular complexity index is 957. The summed E-state index contributed by atoms with van der Waals surface area (Å²) in [5.41, 5.74) is 10.8. The lowest BCUT2D eigenvalue weighted by molar-refractivity contribution is -0.144. The molecule has 0 radical (unpaired) electrons. The number of primary amides is 1. The molecule has 5 amide bonds. The van der Waals surface area contributed by atoms with Gasteiger partial charge < -0.3 is 48.1 Å². The predicted octanol–water partition coefficient (Wildman–Crippen LogP) is -2.45. The van der Waals surface area contributed by atoms with E-state index in [0.717, 1.165) is 0 Å². The highest BCUT2D eigenvalue weighted by molar-refractivity contribution is 5.97. The molecule has 234 valence electrons. The Morgan fingerprint density at radius 1 is 0.756 bits per heavy atom. The predicted molar refractivity (Wildman–Crippen MR) is 145 cm³/mol. The van der Waals surface area contributed by atoms with E-state index in [-0.39, 0.29) is 25.2 Å². The van der Waals surface area contributed by atoms with E-state index in [1.807, 2.05) is 0 Å². The quantitative estimate of drug-likeness (QED) is 0.0763. The first-order chi connectivity index (χ1) is 18.9. The molecule has 0 aliphatic carbocycles. The molecule has 0 aromatic carbocycles. The molecular formula is C25H44N6O10. The third-order valence-corrected chi connectivity index (χ3v) is 6.26. The first-order valence-corrected chi connectivity index (χ1v) is 13.3. The molecule has 0 fully saturated rings. The number of hydrogen-bond donors (Lipinski definition) is 9. The smallest absolute Gasteiger partial charge is 0.326 e. The molecule has 0 aliphatic rings. The summed E-state index contributed by atoms with van der Waals surface area (Å²) in [4.78, 5) is 86.0. The maximum absolute atomic E-state index is 13.1. The highest BCUT2D eigenvalue weighted by Crippen LogP contribution is 2.10. The summed E-state index contributed by atoms with van der Waals surface area (Å²) in [5.74, 6) is -8.09. The van der Waals surface area contributed by atoms with Crippen molar-refractivity contribution in [1.29, 1.82) is 0 Å². The molecule has 0 unspecified atom stereocenters. The van der Waals surface area contributed by atoms with E-state index >= 15 is 0 Å². The average Bonchev–Trinajstić information content (AvgIpc) is 2.86. The lowest BCUT2D eigenvalue weighted by Gasteiger charge is -2.27. The Morgan fingerprint density at radius 3 is 1.68 bits per heavy atom. The zero-order valence-corrected chi connectivity index (χ0v) is 24.0. The molecule has 0 aromatic rings. The minimum Gasteiger partial charge on any atom is -0.481 e. The molecule has 41 heavy (non-hydrogen) atoms. The average molecular weight is 589 g/mol. The molecule has 0 saturated heterocycles. The molecule has 0 heterocycles. The van der Waals surface area contributed by atoms with Crippen LogP contribution in [0.4, 0.5) is 0 Å². The summed E-state index contributed by atoms with van der Waals surface area (Å²) in [6, 6.07) is -7.15. The minimum atomic E-state index is -1.73. The zero-order chi connectivity index (χ0) is 32.0. The number of hydrogen-bond acceptors (Lipinski definition) is 9. The first-order valence-electron chi connectivity index (χ1n) is 13.3. The summed E-state index contributed by atoms with van der Waals surface area (Å²) >= 11 is 0. The first kappa shape index (κ1) is 37.2. The van der Waals surface area contributed by atoms with Crippen LogP contribution in [0.5, 0.6) is 0 Å². The van der Waals surface area contributed by atoms with Gasteiger partial charge in [-0.05, 0) is 31.6 Å². The maximum Gasteiger partial charge on any atom is 0.326 e. The SMILES string of the molecule is CC[C@H](C)[C@H](NC(=O)[C@H](CCC(N)=O)NC(=O)[C@H](CC(=O)O)NC(=O)[C@H](CC(C)C)NC(=O)[C@@H](N)[C@@H](C)O)C(=O)O. The molecule has 0 saturated carbocycles. The van der Waals surface area contributed by atoms with Gasteiger partial charge in [-0.25, -0.2) is 4.79 Å². The molecule has 0 aliphatic heterocycles. The van der Waals surface area contributed by atoms with Crippen LogP contribution in [0.1, 0.15) is 66.7 Å². The van der Waals surface area contributed by atoms with Gasteiger partial charge in [-0.1, -0.05) is 34.1 Å². The van der Waals surface area contributed by atoms with E-state index in [9.17, 15) is 48.9 Å². The second kappa shape index (κ2) is 17.8. The van der Waals surface area contributed by atoms with Crippen LogP contribution >= 0.6 is 0 Å². The van der Waals surface area contributed by atoms with Gasteiger partial charge in [0.15, 0.2) is 0 Å². The van der Waals surface area contributed by atoms with Gasteiger partial charge in [0.05, 0.1) is 12.5 Å². The maximum atomic E-state index is 13.1. The standard InChI is InChI=1S/C25H44N6O10/c1-6-12(4)20(25(40)41)31-21(36)14(7-8-17(26)33)28-23(38)16(10-18(34)35)29-22(37)15(9-11(2)3)30-24(39)19(27)13(5)32/h11-16,19-20,32H,6-10,27H2,1-5H3,(H2,26,33)(H,28,38)(H,29,37)(H,30,39)(H,31,36)(H,34,35)(H,40,41)/t12-,13+,14-,15-,16-,19-,20-/m0/s1. The number of nitrogens with one attached hydrogen (secondary N) is 4. The fourth-order valence-corrected chi connectivity index (χ4v) is 3.61. The van der Waals surface area contributed by atoms with Crippen molar-refractivity contribution in [2.24, 2.45) is 23.3 Å². The molecular weight excluding hydrogens is 544 g/mol. The van der Waals surface area contributed by atoms with Crippen LogP contribution in [0.2, 0.25) is 0 Å². The number of aliphatic hydroxyl groups excluding tert-OH is 1. The lowest BCUT2D eigenvalue weighted by atomic mass is 9.98. The van der Waals surface area contributed by atoms with Crippen molar-refractivity contribution >= 4 is 41.5 Å². The number of amides is 5. The Hall–Kier alpha value is -3.79. The second-order valence-corrected chi connectivity index (χ2v) is 10.4. The van der Waals surface area contributed by atoms with Gasteiger partial charge in [0.2, 0.25) is 29.5 Å². The number of carbonyl (C=O) groups is 7. The number of carboxylic acids is 2. The van der Waals surface area contributed by atoms with Crippen LogP contribution in [0.15, 0.2) is 0 Å². The molecule has 0 rings (SSSR count). The van der Waals surface area contributed by atoms with Crippen molar-refractivity contribution < 1.29 is 48.9 Å². The number of nitrogens with two attached hydrogens (primary N) is 2. The fraction of sp³-hybridized carbons (Fsp3) is 0.720. The largest absolute Gasteiger partial charge is 0.481 e. The van der Waals surface area contributed by atoms with E-state index in [4.69, 9.17) is 11.5 Å². The Kier molecular flexibility index (Phi) is 16.2. The Balaban J connectivity index is 5.98. The molecule has 0 spiro atoms. The number of aliphatic hydroxyl groups is 1. The number of carboxylic acid groups (broad SMARTS) is 2. The van der Waals surface area contributed by atoms with Crippen LogP contribution in [0, 0.1) is 11.8 Å². The molecule has 16 heteroatoms. The van der Waals surface area contributed by atoms with Crippen LogP contribution in [0.3, 0.4) is 0 Å². The highest BCUT2D eigenvalue weighted by Gasteiger charge is 2.34. The van der Waals surface area contributed by atoms with Gasteiger partial charge >= 0.3 is 11.9 Å². The number of rotatable bonds is 19. The summed E-state index contributed by atoms with van der Waals surface area (Å²) in [6.07, 6.45) is -2.38. The molecule has 16 nitrogen and oxygen atoms in total. The van der Waals surface area contributed by atoms with Gasteiger partial charge in [-0.2, -0.15) is 0 Å². The van der Waals surface area contributed by atoms with Gasteiger partial charge in [-0.15, -0.1) is 0 Å². The molecule has 11 N–H and O–H groups in total. The molecule has 0 bridgehead atoms. The van der Waals surface area contributed by atoms with Crippen molar-refractivity contribution in [3.8, 4) is 0 Å². The van der Waals surface area contributed by atoms with Crippen molar-refractivity contribution in [2.45, 2.75) is 103 Å². The Labute approximate surface area is 238 Å². The van der Waals surface area contributed by atoms with E-state index in [1.54, 1.807) is 27.7 Å². The zero-order valence-electron chi connectivity index (χ0n) is 24.0. The van der Waals surface area contributed by atoms with Gasteiger partial charge in [0, 0.05) is 6.42 Å². The Morgan fingerprint density at radius 2 is 1.24 bits per heavy atom. The summed E-state index contributed by atoms with van der Waals surface area (Å²) in [6.45, 7) is 8.07. The van der Waals surface area contributed by atoms with Crippen LogP contribution < -0.4 is 32.7 Å². The third kappa shape index (κ3) is 13.9. The summed E-state index contributed by atoms with van der Waals surface area (Å²) in [7, 11) is 0. The lowest BCUT2D eigenvalue weighted by Crippen LogP contribution is -2.59. The summed E-state index contributed by atoms with van der Waals surface area (Å²) in [5, 5.41) is 37.6. The van der Waals surface area contributed by atoms with E-state index in [2.05, 4.69) is 21.3 Å². The normalized spacial score (nSPS) is 16.2. The minimum absolute atomic E-state index is 0.0708.